The Morgan fingerprint density at radius 2 is 1.78 bits per heavy atom. The average Bonchev–Trinajstić information content (AvgIpc) is 2.67. The Labute approximate surface area is 160 Å². The topological polar surface area (TPSA) is 84.7 Å². The van der Waals surface area contributed by atoms with Crippen LogP contribution < -0.4 is 15.8 Å². The molecule has 144 valence electrons. The summed E-state index contributed by atoms with van der Waals surface area (Å²) < 4.78 is 5.56. The van der Waals surface area contributed by atoms with Gasteiger partial charge < -0.3 is 20.7 Å². The zero-order valence-corrected chi connectivity index (χ0v) is 16.1. The van der Waals surface area contributed by atoms with Crippen LogP contribution in [-0.4, -0.2) is 36.4 Å². The number of benzene rings is 2. The van der Waals surface area contributed by atoms with Crippen LogP contribution in [-0.2, 0) is 9.59 Å². The van der Waals surface area contributed by atoms with Crippen LogP contribution in [0.1, 0.15) is 31.0 Å². The van der Waals surface area contributed by atoms with Gasteiger partial charge in [-0.05, 0) is 38.5 Å². The molecule has 6 nitrogen and oxygen atoms in total. The summed E-state index contributed by atoms with van der Waals surface area (Å²) in [7, 11) is 0. The Kier molecular flexibility index (Phi) is 7.37. The highest BCUT2D eigenvalue weighted by atomic mass is 16.5. The summed E-state index contributed by atoms with van der Waals surface area (Å²) in [5.41, 5.74) is 8.46. The van der Waals surface area contributed by atoms with E-state index >= 15 is 0 Å². The third-order valence-corrected chi connectivity index (χ3v) is 4.30. The van der Waals surface area contributed by atoms with Gasteiger partial charge in [-0.25, -0.2) is 0 Å². The number of anilines is 1. The van der Waals surface area contributed by atoms with E-state index in [1.807, 2.05) is 45.0 Å². The van der Waals surface area contributed by atoms with Gasteiger partial charge in [-0.3, -0.25) is 9.59 Å². The maximum Gasteiger partial charge on any atom is 0.260 e. The Morgan fingerprint density at radius 3 is 2.41 bits per heavy atom. The van der Waals surface area contributed by atoms with Crippen LogP contribution in [0.15, 0.2) is 48.5 Å². The molecule has 2 rings (SSSR count). The molecule has 0 aliphatic heterocycles. The quantitative estimate of drug-likeness (QED) is 0.749. The van der Waals surface area contributed by atoms with Crippen LogP contribution in [0.25, 0.3) is 0 Å². The summed E-state index contributed by atoms with van der Waals surface area (Å²) in [6, 6.07) is 13.7. The van der Waals surface area contributed by atoms with Crippen molar-refractivity contribution in [2.75, 3.05) is 25.0 Å². The largest absolute Gasteiger partial charge is 0.484 e. The Bertz CT molecular complexity index is 770. The molecule has 0 fully saturated rings. The molecule has 2 amide bonds. The molecule has 27 heavy (non-hydrogen) atoms. The zero-order chi connectivity index (χ0) is 19.8. The van der Waals surface area contributed by atoms with E-state index in [4.69, 9.17) is 10.5 Å². The molecule has 0 aromatic heterocycles. The highest BCUT2D eigenvalue weighted by molar-refractivity contribution is 5.95. The van der Waals surface area contributed by atoms with Crippen molar-refractivity contribution < 1.29 is 14.3 Å². The van der Waals surface area contributed by atoms with E-state index in [2.05, 4.69) is 5.32 Å². The summed E-state index contributed by atoms with van der Waals surface area (Å²) >= 11 is 0. The average molecular weight is 369 g/mol. The van der Waals surface area contributed by atoms with Crippen molar-refractivity contribution >= 4 is 17.5 Å². The fourth-order valence-corrected chi connectivity index (χ4v) is 2.62. The zero-order valence-electron chi connectivity index (χ0n) is 16.1. The van der Waals surface area contributed by atoms with Gasteiger partial charge in [-0.2, -0.15) is 0 Å². The van der Waals surface area contributed by atoms with Gasteiger partial charge in [-0.15, -0.1) is 0 Å². The molecule has 2 aromatic rings. The molecule has 0 aliphatic carbocycles. The van der Waals surface area contributed by atoms with Gasteiger partial charge in [0.1, 0.15) is 11.8 Å². The number of ether oxygens (including phenoxy) is 1. The van der Waals surface area contributed by atoms with Gasteiger partial charge in [0.05, 0.1) is 0 Å². The highest BCUT2D eigenvalue weighted by Crippen LogP contribution is 2.19. The fourth-order valence-electron chi connectivity index (χ4n) is 2.62. The minimum Gasteiger partial charge on any atom is -0.484 e. The van der Waals surface area contributed by atoms with E-state index < -0.39 is 6.04 Å². The molecule has 0 spiro atoms. The van der Waals surface area contributed by atoms with Crippen LogP contribution in [0.2, 0.25) is 0 Å². The van der Waals surface area contributed by atoms with Crippen LogP contribution in [0.4, 0.5) is 5.69 Å². The molecule has 2 aromatic carbocycles. The fraction of sp³-hybridized carbons (Fsp3) is 0.333. The molecule has 6 heteroatoms. The van der Waals surface area contributed by atoms with E-state index in [0.29, 0.717) is 24.5 Å². The highest BCUT2D eigenvalue weighted by Gasteiger charge is 2.16. The predicted molar refractivity (Wildman–Crippen MR) is 107 cm³/mol. The third kappa shape index (κ3) is 5.82. The van der Waals surface area contributed by atoms with Crippen molar-refractivity contribution in [3.05, 3.63) is 59.7 Å². The molecule has 0 aliphatic rings. The van der Waals surface area contributed by atoms with Crippen LogP contribution in [0.5, 0.6) is 5.75 Å². The molecule has 0 saturated heterocycles. The van der Waals surface area contributed by atoms with Crippen LogP contribution >= 0.6 is 0 Å². The van der Waals surface area contributed by atoms with Crippen molar-refractivity contribution in [3.63, 3.8) is 0 Å². The van der Waals surface area contributed by atoms with Crippen molar-refractivity contribution in [2.24, 2.45) is 5.73 Å². The van der Waals surface area contributed by atoms with Gasteiger partial charge in [0.2, 0.25) is 5.91 Å². The number of amides is 2. The number of aryl methyl sites for hydroxylation is 1. The van der Waals surface area contributed by atoms with Gasteiger partial charge in [0.25, 0.3) is 5.91 Å². The lowest BCUT2D eigenvalue weighted by molar-refractivity contribution is -0.133. The molecular formula is C21H27N3O3. The lowest BCUT2D eigenvalue weighted by Crippen LogP contribution is -2.34. The Morgan fingerprint density at radius 1 is 1.11 bits per heavy atom. The second-order valence-electron chi connectivity index (χ2n) is 6.26. The molecule has 0 radical (unpaired) electrons. The first-order valence-electron chi connectivity index (χ1n) is 9.08. The first-order chi connectivity index (χ1) is 12.9. The number of likely N-dealkylation sites (N-methyl/N-ethyl adjacent to an activating group) is 1. The maximum atomic E-state index is 12.4. The van der Waals surface area contributed by atoms with E-state index in [-0.39, 0.29) is 18.4 Å². The van der Waals surface area contributed by atoms with Gasteiger partial charge >= 0.3 is 0 Å². The summed E-state index contributed by atoms with van der Waals surface area (Å²) in [5, 5.41) is 2.79. The molecule has 0 saturated carbocycles. The summed E-state index contributed by atoms with van der Waals surface area (Å²) in [5.74, 6) is 0.128. The first-order valence-corrected chi connectivity index (χ1v) is 9.08. The number of nitrogens with zero attached hydrogens (tertiary/aromatic N) is 1. The molecule has 3 N–H and O–H groups in total. The second-order valence-corrected chi connectivity index (χ2v) is 6.26. The van der Waals surface area contributed by atoms with Crippen LogP contribution in [0, 0.1) is 6.92 Å². The number of hydrogen-bond acceptors (Lipinski definition) is 4. The smallest absolute Gasteiger partial charge is 0.260 e. The summed E-state index contributed by atoms with van der Waals surface area (Å²) in [6.07, 6.45) is 0. The SMILES string of the molecule is CCN(CC)C(=O)COc1cccc(NC(=O)C(N)c2ccc(C)cc2)c1. The maximum absolute atomic E-state index is 12.4. The minimum atomic E-state index is -0.764. The van der Waals surface area contributed by atoms with Crippen LogP contribution in [0.3, 0.4) is 0 Å². The molecule has 1 atom stereocenters. The third-order valence-electron chi connectivity index (χ3n) is 4.30. The van der Waals surface area contributed by atoms with E-state index in [9.17, 15) is 9.59 Å². The van der Waals surface area contributed by atoms with Crippen molar-refractivity contribution in [3.8, 4) is 5.75 Å². The molecule has 0 bridgehead atoms. The van der Waals surface area contributed by atoms with Crippen molar-refractivity contribution in [1.29, 1.82) is 0 Å². The summed E-state index contributed by atoms with van der Waals surface area (Å²) in [6.45, 7) is 7.08. The predicted octanol–water partition coefficient (Wildman–Crippen LogP) is 2.88. The second kappa shape index (κ2) is 9.73. The standard InChI is InChI=1S/C21H27N3O3/c1-4-24(5-2)19(25)14-27-18-8-6-7-17(13-18)23-21(26)20(22)16-11-9-15(3)10-12-16/h6-13,20H,4-5,14,22H2,1-3H3,(H,23,26). The summed E-state index contributed by atoms with van der Waals surface area (Å²) in [4.78, 5) is 26.1. The van der Waals surface area contributed by atoms with Gasteiger partial charge in [-0.1, -0.05) is 35.9 Å². The first kappa shape index (κ1) is 20.5. The number of carbonyl (C=O) groups is 2. The van der Waals surface area contributed by atoms with Gasteiger partial charge in [0, 0.05) is 24.8 Å². The monoisotopic (exact) mass is 369 g/mol. The van der Waals surface area contributed by atoms with Crippen molar-refractivity contribution in [2.45, 2.75) is 26.8 Å². The van der Waals surface area contributed by atoms with Crippen molar-refractivity contribution in [1.82, 2.24) is 4.90 Å². The molecule has 0 heterocycles. The number of carbonyl (C=O) groups excluding carboxylic acids is 2. The van der Waals surface area contributed by atoms with E-state index in [0.717, 1.165) is 11.1 Å². The number of hydrogen-bond donors (Lipinski definition) is 2. The van der Waals surface area contributed by atoms with E-state index in [1.165, 1.54) is 0 Å². The molecule has 1 unspecified atom stereocenters. The number of nitrogens with two attached hydrogens (primary N) is 1. The normalized spacial score (nSPS) is 11.6. The Hall–Kier alpha value is -2.86. The number of nitrogens with one attached hydrogen (secondary N) is 1. The lowest BCUT2D eigenvalue weighted by Gasteiger charge is -2.19. The lowest BCUT2D eigenvalue weighted by atomic mass is 10.1. The minimum absolute atomic E-state index is 0.0397. The Balaban J connectivity index is 1.97. The van der Waals surface area contributed by atoms with E-state index in [1.54, 1.807) is 29.2 Å². The van der Waals surface area contributed by atoms with Gasteiger partial charge in [0.15, 0.2) is 6.61 Å². The number of rotatable bonds is 8. The molecular weight excluding hydrogens is 342 g/mol.